The predicted molar refractivity (Wildman–Crippen MR) is 67.3 cm³/mol. The van der Waals surface area contributed by atoms with Crippen LogP contribution in [-0.2, 0) is 0 Å². The molecular formula is C13H17BrO. The Balaban J connectivity index is 3.12. The summed E-state index contributed by atoms with van der Waals surface area (Å²) < 4.78 is 1.02. The summed E-state index contributed by atoms with van der Waals surface area (Å²) in [6.45, 7) is 8.02. The fourth-order valence-corrected chi connectivity index (χ4v) is 1.88. The van der Waals surface area contributed by atoms with Crippen LogP contribution in [0.2, 0.25) is 0 Å². The van der Waals surface area contributed by atoms with Crippen LogP contribution in [0.25, 0.3) is 0 Å². The highest BCUT2D eigenvalue weighted by molar-refractivity contribution is 9.10. The van der Waals surface area contributed by atoms with Crippen LogP contribution in [0.5, 0.6) is 0 Å². The molecule has 0 heterocycles. The molecule has 0 N–H and O–H groups in total. The molecule has 0 aromatic heterocycles. The highest BCUT2D eigenvalue weighted by atomic mass is 79.9. The zero-order valence-electron chi connectivity index (χ0n) is 9.73. The van der Waals surface area contributed by atoms with Crippen LogP contribution in [0.15, 0.2) is 22.7 Å². The molecule has 0 aliphatic carbocycles. The molecule has 0 amide bonds. The van der Waals surface area contributed by atoms with Crippen LogP contribution in [0.3, 0.4) is 0 Å². The SMILES string of the molecule is CCC(C)(C)C(=O)c1ccc(Br)cc1C. The number of ketones is 1. The third-order valence-electron chi connectivity index (χ3n) is 2.93. The van der Waals surface area contributed by atoms with E-state index >= 15 is 0 Å². The lowest BCUT2D eigenvalue weighted by Gasteiger charge is -2.21. The van der Waals surface area contributed by atoms with E-state index in [2.05, 4.69) is 15.9 Å². The van der Waals surface area contributed by atoms with E-state index in [9.17, 15) is 4.79 Å². The minimum atomic E-state index is -0.265. The van der Waals surface area contributed by atoms with Crippen molar-refractivity contribution in [1.82, 2.24) is 0 Å². The lowest BCUT2D eigenvalue weighted by atomic mass is 9.81. The van der Waals surface area contributed by atoms with Crippen molar-refractivity contribution in [3.05, 3.63) is 33.8 Å². The van der Waals surface area contributed by atoms with Gasteiger partial charge >= 0.3 is 0 Å². The number of halogens is 1. The maximum atomic E-state index is 12.2. The van der Waals surface area contributed by atoms with Gasteiger partial charge in [-0.3, -0.25) is 4.79 Å². The fourth-order valence-electron chi connectivity index (χ4n) is 1.41. The average molecular weight is 269 g/mol. The molecule has 0 spiro atoms. The van der Waals surface area contributed by atoms with Crippen LogP contribution < -0.4 is 0 Å². The van der Waals surface area contributed by atoms with Crippen LogP contribution in [-0.4, -0.2) is 5.78 Å². The Morgan fingerprint density at radius 2 is 2.00 bits per heavy atom. The molecule has 1 rings (SSSR count). The van der Waals surface area contributed by atoms with E-state index in [1.807, 2.05) is 45.9 Å². The summed E-state index contributed by atoms with van der Waals surface area (Å²) in [6.07, 6.45) is 0.862. The Hall–Kier alpha value is -0.630. The van der Waals surface area contributed by atoms with Crippen LogP contribution in [0, 0.1) is 12.3 Å². The molecule has 0 saturated heterocycles. The van der Waals surface area contributed by atoms with Crippen molar-refractivity contribution in [2.75, 3.05) is 0 Å². The van der Waals surface area contributed by atoms with E-state index in [1.54, 1.807) is 0 Å². The summed E-state index contributed by atoms with van der Waals surface area (Å²) in [5.41, 5.74) is 1.61. The van der Waals surface area contributed by atoms with Gasteiger partial charge in [-0.15, -0.1) is 0 Å². The van der Waals surface area contributed by atoms with Gasteiger partial charge in [0.1, 0.15) is 0 Å². The Bertz CT molecular complexity index is 380. The summed E-state index contributed by atoms with van der Waals surface area (Å²) in [5.74, 6) is 0.231. The highest BCUT2D eigenvalue weighted by Gasteiger charge is 2.27. The van der Waals surface area contributed by atoms with Crippen molar-refractivity contribution in [2.45, 2.75) is 34.1 Å². The number of aryl methyl sites for hydroxylation is 1. The molecule has 0 aliphatic heterocycles. The Labute approximate surface area is 100 Å². The minimum Gasteiger partial charge on any atom is -0.294 e. The molecule has 0 aliphatic rings. The number of benzene rings is 1. The smallest absolute Gasteiger partial charge is 0.168 e. The van der Waals surface area contributed by atoms with Crippen LogP contribution in [0.4, 0.5) is 0 Å². The van der Waals surface area contributed by atoms with Gasteiger partial charge in [0, 0.05) is 15.5 Å². The highest BCUT2D eigenvalue weighted by Crippen LogP contribution is 2.28. The van der Waals surface area contributed by atoms with Crippen molar-refractivity contribution in [3.63, 3.8) is 0 Å². The van der Waals surface area contributed by atoms with E-state index in [4.69, 9.17) is 0 Å². The summed E-state index contributed by atoms with van der Waals surface area (Å²) >= 11 is 3.40. The minimum absolute atomic E-state index is 0.231. The molecule has 1 aromatic carbocycles. The molecule has 0 bridgehead atoms. The van der Waals surface area contributed by atoms with Gasteiger partial charge in [0.15, 0.2) is 5.78 Å². The van der Waals surface area contributed by atoms with Gasteiger partial charge < -0.3 is 0 Å². The van der Waals surface area contributed by atoms with Gasteiger partial charge in [0.25, 0.3) is 0 Å². The van der Waals surface area contributed by atoms with Gasteiger partial charge in [0.05, 0.1) is 0 Å². The van der Waals surface area contributed by atoms with Crippen molar-refractivity contribution < 1.29 is 4.79 Å². The first-order chi connectivity index (χ1) is 6.88. The second-order valence-electron chi connectivity index (χ2n) is 4.53. The number of carbonyl (C=O) groups is 1. The summed E-state index contributed by atoms with van der Waals surface area (Å²) in [6, 6.07) is 5.81. The quantitative estimate of drug-likeness (QED) is 0.744. The van der Waals surface area contributed by atoms with Gasteiger partial charge in [-0.25, -0.2) is 0 Å². The molecule has 1 aromatic rings. The second kappa shape index (κ2) is 4.48. The molecule has 0 saturated carbocycles. The predicted octanol–water partition coefficient (Wildman–Crippen LogP) is 4.38. The monoisotopic (exact) mass is 268 g/mol. The van der Waals surface area contributed by atoms with Crippen molar-refractivity contribution in [1.29, 1.82) is 0 Å². The molecule has 0 atom stereocenters. The van der Waals surface area contributed by atoms with Crippen molar-refractivity contribution in [3.8, 4) is 0 Å². The lowest BCUT2D eigenvalue weighted by Crippen LogP contribution is -2.24. The fraction of sp³-hybridized carbons (Fsp3) is 0.462. The molecule has 1 nitrogen and oxygen atoms in total. The summed E-state index contributed by atoms with van der Waals surface area (Å²) in [5, 5.41) is 0. The van der Waals surface area contributed by atoms with E-state index < -0.39 is 0 Å². The van der Waals surface area contributed by atoms with Crippen molar-refractivity contribution >= 4 is 21.7 Å². The van der Waals surface area contributed by atoms with Gasteiger partial charge in [0.2, 0.25) is 0 Å². The third-order valence-corrected chi connectivity index (χ3v) is 3.42. The third kappa shape index (κ3) is 2.69. The summed E-state index contributed by atoms with van der Waals surface area (Å²) in [4.78, 5) is 12.2. The first-order valence-electron chi connectivity index (χ1n) is 5.19. The largest absolute Gasteiger partial charge is 0.294 e. The Morgan fingerprint density at radius 1 is 1.40 bits per heavy atom. The number of hydrogen-bond donors (Lipinski definition) is 0. The second-order valence-corrected chi connectivity index (χ2v) is 5.44. The molecule has 0 unspecified atom stereocenters. The number of rotatable bonds is 3. The van der Waals surface area contributed by atoms with Crippen LogP contribution in [0.1, 0.15) is 43.1 Å². The lowest BCUT2D eigenvalue weighted by molar-refractivity contribution is 0.0832. The van der Waals surface area contributed by atoms with Gasteiger partial charge in [-0.05, 0) is 31.0 Å². The van der Waals surface area contributed by atoms with E-state index in [0.717, 1.165) is 22.0 Å². The van der Waals surface area contributed by atoms with Gasteiger partial charge in [-0.2, -0.15) is 0 Å². The number of carbonyl (C=O) groups excluding carboxylic acids is 1. The summed E-state index contributed by atoms with van der Waals surface area (Å²) in [7, 11) is 0. The Kier molecular flexibility index (Phi) is 3.72. The normalized spacial score (nSPS) is 11.5. The first kappa shape index (κ1) is 12.4. The van der Waals surface area contributed by atoms with Gasteiger partial charge in [-0.1, -0.05) is 42.8 Å². The number of hydrogen-bond acceptors (Lipinski definition) is 1. The molecule has 0 radical (unpaired) electrons. The average Bonchev–Trinajstić information content (AvgIpc) is 2.17. The zero-order valence-corrected chi connectivity index (χ0v) is 11.3. The van der Waals surface area contributed by atoms with E-state index in [-0.39, 0.29) is 11.2 Å². The van der Waals surface area contributed by atoms with Crippen LogP contribution >= 0.6 is 15.9 Å². The standard InChI is InChI=1S/C13H17BrO/c1-5-13(3,4)12(15)11-7-6-10(14)8-9(11)2/h6-8H,5H2,1-4H3. The van der Waals surface area contributed by atoms with Crippen molar-refractivity contribution in [2.24, 2.45) is 5.41 Å². The topological polar surface area (TPSA) is 17.1 Å². The number of Topliss-reactive ketones (excluding diaryl/α,β-unsaturated/α-hetero) is 1. The maximum absolute atomic E-state index is 12.2. The Morgan fingerprint density at radius 3 is 2.47 bits per heavy atom. The van der Waals surface area contributed by atoms with E-state index in [1.165, 1.54) is 0 Å². The molecule has 2 heteroatoms. The molecular weight excluding hydrogens is 252 g/mol. The first-order valence-corrected chi connectivity index (χ1v) is 5.98. The molecule has 82 valence electrons. The van der Waals surface area contributed by atoms with E-state index in [0.29, 0.717) is 0 Å². The maximum Gasteiger partial charge on any atom is 0.168 e. The zero-order chi connectivity index (χ0) is 11.6. The molecule has 0 fully saturated rings. The molecule has 15 heavy (non-hydrogen) atoms.